The Morgan fingerprint density at radius 3 is 2.31 bits per heavy atom. The van der Waals surface area contributed by atoms with Crippen LogP contribution in [0, 0.1) is 0 Å². The number of fused-ring (bicyclic) bond motifs is 2. The second kappa shape index (κ2) is 11.2. The maximum atomic E-state index is 12.9. The molecule has 7 nitrogen and oxygen atoms in total. The summed E-state index contributed by atoms with van der Waals surface area (Å²) in [7, 11) is 0. The zero-order valence-electron chi connectivity index (χ0n) is 19.6. The SMILES string of the molecule is CCCOc1c(Br)cc(/C=N/NC(=O)Cn2c3ccccc3c(=O)c3ccccc32)cc1OCC. The smallest absolute Gasteiger partial charge is 0.260 e. The van der Waals surface area contributed by atoms with Gasteiger partial charge in [0.15, 0.2) is 16.9 Å². The Labute approximate surface area is 211 Å². The summed E-state index contributed by atoms with van der Waals surface area (Å²) in [6.45, 7) is 5.03. The number of rotatable bonds is 9. The number of benzene rings is 3. The summed E-state index contributed by atoms with van der Waals surface area (Å²) in [5.41, 5.74) is 4.67. The lowest BCUT2D eigenvalue weighted by Crippen LogP contribution is -2.25. The molecule has 4 rings (SSSR count). The molecule has 180 valence electrons. The van der Waals surface area contributed by atoms with E-state index >= 15 is 0 Å². The highest BCUT2D eigenvalue weighted by molar-refractivity contribution is 9.10. The van der Waals surface area contributed by atoms with E-state index < -0.39 is 0 Å². The van der Waals surface area contributed by atoms with Crippen molar-refractivity contribution in [2.75, 3.05) is 13.2 Å². The fourth-order valence-electron chi connectivity index (χ4n) is 3.87. The van der Waals surface area contributed by atoms with Gasteiger partial charge in [-0.15, -0.1) is 0 Å². The average Bonchev–Trinajstić information content (AvgIpc) is 2.86. The molecular weight excluding hydrogens is 510 g/mol. The van der Waals surface area contributed by atoms with Gasteiger partial charge in [0, 0.05) is 10.8 Å². The predicted octanol–water partition coefficient (Wildman–Crippen LogP) is 5.26. The first-order chi connectivity index (χ1) is 17.0. The third-order valence-electron chi connectivity index (χ3n) is 5.37. The molecule has 0 saturated heterocycles. The van der Waals surface area contributed by atoms with E-state index in [1.807, 2.05) is 66.9 Å². The van der Waals surface area contributed by atoms with Crippen LogP contribution in [-0.2, 0) is 11.3 Å². The van der Waals surface area contributed by atoms with Crippen molar-refractivity contribution in [2.24, 2.45) is 5.10 Å². The summed E-state index contributed by atoms with van der Waals surface area (Å²) in [6, 6.07) is 18.3. The van der Waals surface area contributed by atoms with Crippen molar-refractivity contribution in [3.63, 3.8) is 0 Å². The maximum Gasteiger partial charge on any atom is 0.260 e. The first kappa shape index (κ1) is 24.5. The second-order valence-corrected chi connectivity index (χ2v) is 8.71. The van der Waals surface area contributed by atoms with Crippen LogP contribution in [-0.4, -0.2) is 29.9 Å². The molecule has 0 aliphatic rings. The Balaban J connectivity index is 1.57. The van der Waals surface area contributed by atoms with Crippen molar-refractivity contribution in [1.82, 2.24) is 9.99 Å². The standard InChI is InChI=1S/C27H26BrN3O4/c1-3-13-35-27-21(28)14-18(15-24(27)34-4-2)16-29-30-25(32)17-31-22-11-7-5-9-19(22)26(33)20-10-6-8-12-23(20)31/h5-12,14-16H,3-4,13,17H2,1-2H3,(H,30,32)/b29-16+. The molecule has 8 heteroatoms. The van der Waals surface area contributed by atoms with E-state index in [9.17, 15) is 9.59 Å². The zero-order chi connectivity index (χ0) is 24.8. The molecule has 0 unspecified atom stereocenters. The number of ether oxygens (including phenoxy) is 2. The topological polar surface area (TPSA) is 81.9 Å². The molecule has 1 aromatic heterocycles. The number of carbonyl (C=O) groups is 1. The Bertz CT molecular complexity index is 1400. The average molecular weight is 536 g/mol. The summed E-state index contributed by atoms with van der Waals surface area (Å²) in [5.74, 6) is 0.938. The number of para-hydroxylation sites is 2. The lowest BCUT2D eigenvalue weighted by Gasteiger charge is -2.14. The molecule has 4 aromatic rings. The number of hydrogen-bond acceptors (Lipinski definition) is 5. The largest absolute Gasteiger partial charge is 0.490 e. The van der Waals surface area contributed by atoms with Crippen molar-refractivity contribution in [1.29, 1.82) is 0 Å². The van der Waals surface area contributed by atoms with Gasteiger partial charge in [-0.1, -0.05) is 31.2 Å². The van der Waals surface area contributed by atoms with Crippen LogP contribution >= 0.6 is 15.9 Å². The number of amides is 1. The molecule has 0 spiro atoms. The van der Waals surface area contributed by atoms with Crippen LogP contribution < -0.4 is 20.3 Å². The van der Waals surface area contributed by atoms with Gasteiger partial charge in [0.25, 0.3) is 5.91 Å². The lowest BCUT2D eigenvalue weighted by atomic mass is 10.1. The van der Waals surface area contributed by atoms with Crippen LogP contribution in [0.25, 0.3) is 21.8 Å². The van der Waals surface area contributed by atoms with E-state index in [2.05, 4.69) is 26.5 Å². The van der Waals surface area contributed by atoms with E-state index in [1.54, 1.807) is 18.3 Å². The summed E-state index contributed by atoms with van der Waals surface area (Å²) in [6.07, 6.45) is 2.43. The summed E-state index contributed by atoms with van der Waals surface area (Å²) in [5, 5.41) is 5.27. The molecule has 3 aromatic carbocycles. The van der Waals surface area contributed by atoms with Crippen molar-refractivity contribution >= 4 is 49.9 Å². The number of carbonyl (C=O) groups excluding carboxylic acids is 1. The minimum absolute atomic E-state index is 0.0103. The van der Waals surface area contributed by atoms with Crippen LogP contribution in [0.15, 0.2) is 75.0 Å². The number of hydrazone groups is 1. The van der Waals surface area contributed by atoms with Crippen LogP contribution in [0.4, 0.5) is 0 Å². The second-order valence-electron chi connectivity index (χ2n) is 7.85. The summed E-state index contributed by atoms with van der Waals surface area (Å²) < 4.78 is 14.1. The number of halogens is 1. The minimum atomic E-state index is -0.313. The lowest BCUT2D eigenvalue weighted by molar-refractivity contribution is -0.121. The number of nitrogens with one attached hydrogen (secondary N) is 1. The fourth-order valence-corrected chi connectivity index (χ4v) is 4.45. The molecule has 35 heavy (non-hydrogen) atoms. The van der Waals surface area contributed by atoms with E-state index in [1.165, 1.54) is 0 Å². The highest BCUT2D eigenvalue weighted by Crippen LogP contribution is 2.36. The van der Waals surface area contributed by atoms with Crippen LogP contribution in [0.3, 0.4) is 0 Å². The molecule has 0 aliphatic carbocycles. The third kappa shape index (κ3) is 5.38. The number of pyridine rings is 1. The predicted molar refractivity (Wildman–Crippen MR) is 143 cm³/mol. The van der Waals surface area contributed by atoms with Gasteiger partial charge < -0.3 is 14.0 Å². The summed E-state index contributed by atoms with van der Waals surface area (Å²) in [4.78, 5) is 25.7. The molecule has 1 heterocycles. The molecule has 0 radical (unpaired) electrons. The van der Waals surface area contributed by atoms with Gasteiger partial charge >= 0.3 is 0 Å². The normalized spacial score (nSPS) is 11.3. The van der Waals surface area contributed by atoms with Gasteiger partial charge in [0.2, 0.25) is 0 Å². The summed E-state index contributed by atoms with van der Waals surface area (Å²) >= 11 is 3.53. The molecule has 1 amide bonds. The first-order valence-corrected chi connectivity index (χ1v) is 12.2. The Morgan fingerprint density at radius 1 is 1.03 bits per heavy atom. The molecule has 0 aliphatic heterocycles. The number of nitrogens with zero attached hydrogens (tertiary/aromatic N) is 2. The highest BCUT2D eigenvalue weighted by atomic mass is 79.9. The van der Waals surface area contributed by atoms with Crippen LogP contribution in [0.1, 0.15) is 25.8 Å². The van der Waals surface area contributed by atoms with Crippen molar-refractivity contribution in [3.8, 4) is 11.5 Å². The van der Waals surface area contributed by atoms with E-state index in [-0.39, 0.29) is 17.9 Å². The Hall–Kier alpha value is -3.65. The van der Waals surface area contributed by atoms with Gasteiger partial charge in [-0.05, 0) is 71.2 Å². The molecule has 1 N–H and O–H groups in total. The fraction of sp³-hybridized carbons (Fsp3) is 0.222. The van der Waals surface area contributed by atoms with Crippen molar-refractivity contribution in [2.45, 2.75) is 26.8 Å². The molecule has 0 saturated carbocycles. The van der Waals surface area contributed by atoms with Gasteiger partial charge in [-0.3, -0.25) is 9.59 Å². The van der Waals surface area contributed by atoms with Crippen molar-refractivity contribution < 1.29 is 14.3 Å². The Kier molecular flexibility index (Phi) is 7.82. The first-order valence-electron chi connectivity index (χ1n) is 11.4. The van der Waals surface area contributed by atoms with E-state index in [0.717, 1.165) is 16.5 Å². The van der Waals surface area contributed by atoms with Crippen LogP contribution in [0.2, 0.25) is 0 Å². The number of aromatic nitrogens is 1. The van der Waals surface area contributed by atoms with Gasteiger partial charge in [0.05, 0.1) is 34.9 Å². The van der Waals surface area contributed by atoms with Gasteiger partial charge in [-0.2, -0.15) is 5.10 Å². The van der Waals surface area contributed by atoms with Crippen molar-refractivity contribution in [3.05, 3.63) is 80.9 Å². The zero-order valence-corrected chi connectivity index (χ0v) is 21.2. The maximum absolute atomic E-state index is 12.9. The van der Waals surface area contributed by atoms with E-state index in [0.29, 0.717) is 46.5 Å². The third-order valence-corrected chi connectivity index (χ3v) is 5.95. The Morgan fingerprint density at radius 2 is 1.69 bits per heavy atom. The van der Waals surface area contributed by atoms with Gasteiger partial charge in [-0.25, -0.2) is 5.43 Å². The van der Waals surface area contributed by atoms with Crippen LogP contribution in [0.5, 0.6) is 11.5 Å². The molecule has 0 fully saturated rings. The van der Waals surface area contributed by atoms with E-state index in [4.69, 9.17) is 9.47 Å². The quantitative estimate of drug-likeness (QED) is 0.180. The minimum Gasteiger partial charge on any atom is -0.490 e. The molecule has 0 atom stereocenters. The monoisotopic (exact) mass is 535 g/mol. The number of hydrogen-bond donors (Lipinski definition) is 1. The molecule has 0 bridgehead atoms. The molecular formula is C27H26BrN3O4. The van der Waals surface area contributed by atoms with Gasteiger partial charge in [0.1, 0.15) is 6.54 Å². The highest BCUT2D eigenvalue weighted by Gasteiger charge is 2.13.